The quantitative estimate of drug-likeness (QED) is 0.168. The van der Waals surface area contributed by atoms with Crippen LogP contribution in [0.4, 0.5) is 0 Å². The Morgan fingerprint density at radius 3 is 1.08 bits per heavy atom. The summed E-state index contributed by atoms with van der Waals surface area (Å²) in [7, 11) is 0. The Morgan fingerprint density at radius 1 is 0.275 bits per heavy atom. The SMILES string of the molecule is c1ccc(-c2nc(-c3ccccc3)nc(-c3cccc(-c4cccc(-c5nc(-c6ccccc6)nc(-c6cc7ccccc7s6)n5)c4)c3)n2)cc1. The third kappa shape index (κ3) is 6.30. The fourth-order valence-corrected chi connectivity index (χ4v) is 7.03. The van der Waals surface area contributed by atoms with Gasteiger partial charge < -0.3 is 0 Å². The Labute approximate surface area is 298 Å². The number of nitrogens with zero attached hydrogens (tertiary/aromatic N) is 6. The second-order valence-corrected chi connectivity index (χ2v) is 13.1. The van der Waals surface area contributed by atoms with Crippen LogP contribution in [-0.2, 0) is 0 Å². The van der Waals surface area contributed by atoms with Gasteiger partial charge in [0.1, 0.15) is 0 Å². The van der Waals surface area contributed by atoms with Gasteiger partial charge in [0.25, 0.3) is 0 Å². The highest BCUT2D eigenvalue weighted by molar-refractivity contribution is 7.22. The average Bonchev–Trinajstić information content (AvgIpc) is 3.66. The summed E-state index contributed by atoms with van der Waals surface area (Å²) in [5, 5.41) is 1.17. The summed E-state index contributed by atoms with van der Waals surface area (Å²) in [4.78, 5) is 30.7. The van der Waals surface area contributed by atoms with Gasteiger partial charge in [-0.25, -0.2) is 29.9 Å². The van der Waals surface area contributed by atoms with E-state index < -0.39 is 0 Å². The van der Waals surface area contributed by atoms with Gasteiger partial charge in [-0.2, -0.15) is 0 Å². The minimum absolute atomic E-state index is 0.610. The number of aromatic nitrogens is 6. The molecule has 0 atom stereocenters. The Kier molecular flexibility index (Phi) is 7.92. The predicted octanol–water partition coefficient (Wildman–Crippen LogP) is 10.9. The molecule has 0 radical (unpaired) electrons. The molecule has 6 aromatic carbocycles. The zero-order valence-electron chi connectivity index (χ0n) is 27.3. The van der Waals surface area contributed by atoms with E-state index in [-0.39, 0.29) is 0 Å². The van der Waals surface area contributed by atoms with Crippen LogP contribution in [0.1, 0.15) is 0 Å². The van der Waals surface area contributed by atoms with Crippen LogP contribution in [0.5, 0.6) is 0 Å². The first-order valence-electron chi connectivity index (χ1n) is 16.6. The molecule has 0 aliphatic heterocycles. The molecule has 0 aliphatic carbocycles. The largest absolute Gasteiger partial charge is 0.208 e. The lowest BCUT2D eigenvalue weighted by Gasteiger charge is -2.11. The Bertz CT molecular complexity index is 2550. The predicted molar refractivity (Wildman–Crippen MR) is 207 cm³/mol. The number of rotatable bonds is 7. The second kappa shape index (κ2) is 13.3. The molecule has 3 aromatic heterocycles. The summed E-state index contributed by atoms with van der Waals surface area (Å²) in [6.45, 7) is 0. The maximum absolute atomic E-state index is 5.03. The zero-order valence-corrected chi connectivity index (χ0v) is 28.1. The van der Waals surface area contributed by atoms with Gasteiger partial charge in [-0.15, -0.1) is 11.3 Å². The molecular formula is C44H28N6S. The number of fused-ring (bicyclic) bond motifs is 1. The molecule has 9 aromatic rings. The smallest absolute Gasteiger partial charge is 0.174 e. The number of hydrogen-bond acceptors (Lipinski definition) is 7. The van der Waals surface area contributed by atoms with E-state index in [0.717, 1.165) is 43.8 Å². The van der Waals surface area contributed by atoms with Crippen LogP contribution in [0.25, 0.3) is 88.9 Å². The van der Waals surface area contributed by atoms with Crippen molar-refractivity contribution in [2.24, 2.45) is 0 Å². The molecule has 9 rings (SSSR count). The van der Waals surface area contributed by atoms with E-state index in [9.17, 15) is 0 Å². The van der Waals surface area contributed by atoms with E-state index >= 15 is 0 Å². The zero-order chi connectivity index (χ0) is 34.0. The first-order chi connectivity index (χ1) is 25.2. The second-order valence-electron chi connectivity index (χ2n) is 12.0. The van der Waals surface area contributed by atoms with Crippen molar-refractivity contribution < 1.29 is 0 Å². The van der Waals surface area contributed by atoms with Crippen LogP contribution in [0, 0.1) is 0 Å². The van der Waals surface area contributed by atoms with E-state index in [4.69, 9.17) is 29.9 Å². The van der Waals surface area contributed by atoms with Crippen molar-refractivity contribution in [1.29, 1.82) is 0 Å². The van der Waals surface area contributed by atoms with Crippen molar-refractivity contribution in [2.75, 3.05) is 0 Å². The maximum Gasteiger partial charge on any atom is 0.174 e. The van der Waals surface area contributed by atoms with Gasteiger partial charge >= 0.3 is 0 Å². The molecule has 51 heavy (non-hydrogen) atoms. The first-order valence-corrected chi connectivity index (χ1v) is 17.4. The molecule has 0 fully saturated rings. The highest BCUT2D eigenvalue weighted by Gasteiger charge is 2.16. The van der Waals surface area contributed by atoms with Gasteiger partial charge in [-0.1, -0.05) is 146 Å². The molecule has 7 heteroatoms. The first kappa shape index (κ1) is 30.4. The van der Waals surface area contributed by atoms with Crippen molar-refractivity contribution in [3.63, 3.8) is 0 Å². The molecule has 3 heterocycles. The molecule has 6 nitrogen and oxygen atoms in total. The summed E-state index contributed by atoms with van der Waals surface area (Å²) in [6, 6.07) is 57.3. The fraction of sp³-hybridized carbons (Fsp3) is 0. The summed E-state index contributed by atoms with van der Waals surface area (Å²) >= 11 is 1.69. The molecule has 0 spiro atoms. The van der Waals surface area contributed by atoms with Gasteiger partial charge in [-0.05, 0) is 40.8 Å². The molecule has 0 bridgehead atoms. The lowest BCUT2D eigenvalue weighted by molar-refractivity contribution is 1.07. The molecule has 0 aliphatic rings. The van der Waals surface area contributed by atoms with Crippen molar-refractivity contribution in [2.45, 2.75) is 0 Å². The molecule has 0 N–H and O–H groups in total. The van der Waals surface area contributed by atoms with Gasteiger partial charge in [0.15, 0.2) is 34.9 Å². The summed E-state index contributed by atoms with van der Waals surface area (Å²) in [5.74, 6) is 3.78. The van der Waals surface area contributed by atoms with E-state index in [0.29, 0.717) is 34.9 Å². The summed E-state index contributed by atoms with van der Waals surface area (Å²) in [5.41, 5.74) is 6.66. The highest BCUT2D eigenvalue weighted by Crippen LogP contribution is 2.35. The van der Waals surface area contributed by atoms with Crippen molar-refractivity contribution in [3.05, 3.63) is 170 Å². The lowest BCUT2D eigenvalue weighted by atomic mass is 10.0. The molecule has 0 saturated carbocycles. The topological polar surface area (TPSA) is 77.3 Å². The van der Waals surface area contributed by atoms with Crippen LogP contribution < -0.4 is 0 Å². The van der Waals surface area contributed by atoms with Crippen molar-refractivity contribution >= 4 is 21.4 Å². The van der Waals surface area contributed by atoms with Crippen LogP contribution >= 0.6 is 11.3 Å². The third-order valence-corrected chi connectivity index (χ3v) is 9.70. The van der Waals surface area contributed by atoms with E-state index in [1.165, 1.54) is 10.1 Å². The lowest BCUT2D eigenvalue weighted by Crippen LogP contribution is -2.00. The number of benzene rings is 6. The highest BCUT2D eigenvalue weighted by atomic mass is 32.1. The van der Waals surface area contributed by atoms with Crippen LogP contribution in [0.2, 0.25) is 0 Å². The minimum Gasteiger partial charge on any atom is -0.208 e. The maximum atomic E-state index is 5.03. The number of hydrogen-bond donors (Lipinski definition) is 0. The molecule has 0 amide bonds. The average molecular weight is 673 g/mol. The fourth-order valence-electron chi connectivity index (χ4n) is 6.04. The van der Waals surface area contributed by atoms with Crippen LogP contribution in [0.15, 0.2) is 170 Å². The van der Waals surface area contributed by atoms with Crippen molar-refractivity contribution in [3.8, 4) is 78.8 Å². The normalized spacial score (nSPS) is 11.1. The monoisotopic (exact) mass is 672 g/mol. The Balaban J connectivity index is 1.13. The van der Waals surface area contributed by atoms with Crippen LogP contribution in [0.3, 0.4) is 0 Å². The van der Waals surface area contributed by atoms with E-state index in [2.05, 4.69) is 60.7 Å². The van der Waals surface area contributed by atoms with Gasteiger partial charge in [-0.3, -0.25) is 0 Å². The molecule has 240 valence electrons. The third-order valence-electron chi connectivity index (χ3n) is 8.59. The molecule has 0 unspecified atom stereocenters. The molecular weight excluding hydrogens is 645 g/mol. The summed E-state index contributed by atoms with van der Waals surface area (Å²) < 4.78 is 1.20. The Hall–Kier alpha value is -6.70. The standard InChI is InChI=1S/C44H28N6S/c1-4-14-29(15-5-1)39-45-40(30-16-6-2-7-17-30)47-42(46-39)35-23-12-21-32(26-35)33-22-13-24-36(27-33)43-48-41(31-18-8-3-9-19-31)49-44(50-43)38-28-34-20-10-11-25-37(34)51-38/h1-28H. The minimum atomic E-state index is 0.610. The van der Waals surface area contributed by atoms with Gasteiger partial charge in [0, 0.05) is 32.5 Å². The van der Waals surface area contributed by atoms with E-state index in [1.54, 1.807) is 11.3 Å². The molecule has 0 saturated heterocycles. The van der Waals surface area contributed by atoms with Crippen LogP contribution in [-0.4, -0.2) is 29.9 Å². The summed E-state index contributed by atoms with van der Waals surface area (Å²) in [6.07, 6.45) is 0. The Morgan fingerprint density at radius 2 is 0.627 bits per heavy atom. The van der Waals surface area contributed by atoms with E-state index in [1.807, 2.05) is 109 Å². The van der Waals surface area contributed by atoms with Gasteiger partial charge in [0.05, 0.1) is 4.88 Å². The number of thiophene rings is 1. The van der Waals surface area contributed by atoms with Crippen molar-refractivity contribution in [1.82, 2.24) is 29.9 Å². The van der Waals surface area contributed by atoms with Gasteiger partial charge in [0.2, 0.25) is 0 Å².